The van der Waals surface area contributed by atoms with Gasteiger partial charge in [0, 0.05) is 45.9 Å². The van der Waals surface area contributed by atoms with E-state index < -0.39 is 0 Å². The molecule has 2 fully saturated rings. The van der Waals surface area contributed by atoms with Gasteiger partial charge < -0.3 is 15.4 Å². The minimum atomic E-state index is 0.405. The predicted octanol–water partition coefficient (Wildman–Crippen LogP) is 2.47. The van der Waals surface area contributed by atoms with Crippen molar-refractivity contribution in [3.8, 4) is 0 Å². The Balaban J connectivity index is 1.26. The lowest BCUT2D eigenvalue weighted by atomic mass is 10.1. The molecular formula is C20H32N4O. The van der Waals surface area contributed by atoms with Crippen LogP contribution in [0.3, 0.4) is 0 Å². The van der Waals surface area contributed by atoms with Crippen molar-refractivity contribution < 1.29 is 4.74 Å². The van der Waals surface area contributed by atoms with Gasteiger partial charge in [0.2, 0.25) is 0 Å². The molecule has 1 heterocycles. The third kappa shape index (κ3) is 6.01. The average molecular weight is 345 g/mol. The fourth-order valence-electron chi connectivity index (χ4n) is 3.34. The first-order valence-corrected chi connectivity index (χ1v) is 9.63. The van der Waals surface area contributed by atoms with Crippen LogP contribution in [-0.2, 0) is 11.3 Å². The fraction of sp³-hybridized carbons (Fsp3) is 0.650. The van der Waals surface area contributed by atoms with Crippen LogP contribution < -0.4 is 5.73 Å². The normalized spacial score (nSPS) is 20.0. The number of nitrogens with two attached hydrogens (primary N) is 1. The van der Waals surface area contributed by atoms with Crippen molar-refractivity contribution in [1.82, 2.24) is 9.80 Å². The summed E-state index contributed by atoms with van der Waals surface area (Å²) < 4.78 is 6.03. The maximum atomic E-state index is 6.03. The zero-order chi connectivity index (χ0) is 17.5. The predicted molar refractivity (Wildman–Crippen MR) is 103 cm³/mol. The highest BCUT2D eigenvalue weighted by molar-refractivity contribution is 5.78. The van der Waals surface area contributed by atoms with Gasteiger partial charge in [0.15, 0.2) is 5.96 Å². The zero-order valence-electron chi connectivity index (χ0n) is 15.4. The van der Waals surface area contributed by atoms with E-state index in [0.29, 0.717) is 18.1 Å². The smallest absolute Gasteiger partial charge is 0.191 e. The van der Waals surface area contributed by atoms with Gasteiger partial charge in [0.25, 0.3) is 0 Å². The molecule has 25 heavy (non-hydrogen) atoms. The number of aliphatic imine (C=N–C) groups is 1. The van der Waals surface area contributed by atoms with E-state index in [1.807, 2.05) is 7.05 Å². The topological polar surface area (TPSA) is 54.1 Å². The SMILES string of the molecule is CN(C(N)=NCCCOC1CCN(Cc2ccccc2)CC1)C1CC1. The highest BCUT2D eigenvalue weighted by atomic mass is 16.5. The van der Waals surface area contributed by atoms with Crippen molar-refractivity contribution in [2.45, 2.75) is 50.8 Å². The summed E-state index contributed by atoms with van der Waals surface area (Å²) in [7, 11) is 2.04. The largest absolute Gasteiger partial charge is 0.378 e. The highest BCUT2D eigenvalue weighted by Gasteiger charge is 2.27. The van der Waals surface area contributed by atoms with Crippen LogP contribution in [0, 0.1) is 0 Å². The number of rotatable bonds is 8. The average Bonchev–Trinajstić information content (AvgIpc) is 3.48. The van der Waals surface area contributed by atoms with E-state index in [1.54, 1.807) is 0 Å². The van der Waals surface area contributed by atoms with E-state index >= 15 is 0 Å². The van der Waals surface area contributed by atoms with Gasteiger partial charge in [-0.05, 0) is 37.7 Å². The first-order valence-electron chi connectivity index (χ1n) is 9.63. The second kappa shape index (κ2) is 9.20. The van der Waals surface area contributed by atoms with E-state index in [9.17, 15) is 0 Å². The van der Waals surface area contributed by atoms with Gasteiger partial charge in [-0.15, -0.1) is 0 Å². The Kier molecular flexibility index (Phi) is 6.70. The third-order valence-electron chi connectivity index (χ3n) is 5.17. The van der Waals surface area contributed by atoms with E-state index in [4.69, 9.17) is 10.5 Å². The molecule has 1 aliphatic carbocycles. The number of benzene rings is 1. The molecule has 1 saturated heterocycles. The molecule has 138 valence electrons. The number of guanidine groups is 1. The van der Waals surface area contributed by atoms with Crippen molar-refractivity contribution in [3.05, 3.63) is 35.9 Å². The molecule has 2 aliphatic rings. The lowest BCUT2D eigenvalue weighted by molar-refractivity contribution is 0.00565. The zero-order valence-corrected chi connectivity index (χ0v) is 15.4. The summed E-state index contributed by atoms with van der Waals surface area (Å²) in [6.45, 7) is 4.84. The summed E-state index contributed by atoms with van der Waals surface area (Å²) in [5.41, 5.74) is 7.39. The molecule has 5 heteroatoms. The van der Waals surface area contributed by atoms with Crippen molar-refractivity contribution in [3.63, 3.8) is 0 Å². The summed E-state index contributed by atoms with van der Waals surface area (Å²) in [5.74, 6) is 0.678. The van der Waals surface area contributed by atoms with Crippen molar-refractivity contribution in [2.24, 2.45) is 10.7 Å². The van der Waals surface area contributed by atoms with Gasteiger partial charge in [-0.2, -0.15) is 0 Å². The van der Waals surface area contributed by atoms with Crippen molar-refractivity contribution in [1.29, 1.82) is 0 Å². The fourth-order valence-corrected chi connectivity index (χ4v) is 3.34. The standard InChI is InChI=1S/C20H32N4O/c1-23(18-8-9-18)20(21)22-12-5-15-25-19-10-13-24(14-11-19)16-17-6-3-2-4-7-17/h2-4,6-7,18-19H,5,8-16H2,1H3,(H2,21,22). The maximum absolute atomic E-state index is 6.03. The number of piperidine rings is 1. The number of nitrogens with zero attached hydrogens (tertiary/aromatic N) is 3. The first kappa shape index (κ1) is 18.2. The van der Waals surface area contributed by atoms with Crippen LogP contribution in [-0.4, -0.2) is 61.2 Å². The summed E-state index contributed by atoms with van der Waals surface area (Å²) in [6, 6.07) is 11.3. The molecule has 1 aromatic rings. The second-order valence-electron chi connectivity index (χ2n) is 7.27. The molecule has 0 unspecified atom stereocenters. The van der Waals surface area contributed by atoms with Gasteiger partial charge >= 0.3 is 0 Å². The van der Waals surface area contributed by atoms with Gasteiger partial charge in [0.05, 0.1) is 6.10 Å². The molecule has 5 nitrogen and oxygen atoms in total. The quantitative estimate of drug-likeness (QED) is 0.447. The van der Waals surface area contributed by atoms with Crippen LogP contribution in [0.1, 0.15) is 37.7 Å². The number of hydrogen-bond donors (Lipinski definition) is 1. The van der Waals surface area contributed by atoms with Crippen LogP contribution in [0.15, 0.2) is 35.3 Å². The van der Waals surface area contributed by atoms with Crippen LogP contribution in [0.25, 0.3) is 0 Å². The van der Waals surface area contributed by atoms with Crippen LogP contribution in [0.5, 0.6) is 0 Å². The Bertz CT molecular complexity index is 536. The highest BCUT2D eigenvalue weighted by Crippen LogP contribution is 2.24. The van der Waals surface area contributed by atoms with Gasteiger partial charge in [-0.1, -0.05) is 30.3 Å². The molecule has 0 amide bonds. The summed E-state index contributed by atoms with van der Waals surface area (Å²) >= 11 is 0. The summed E-state index contributed by atoms with van der Waals surface area (Å²) in [4.78, 5) is 9.08. The van der Waals surface area contributed by atoms with E-state index in [0.717, 1.165) is 52.0 Å². The van der Waals surface area contributed by atoms with E-state index in [-0.39, 0.29) is 0 Å². The molecule has 1 aliphatic heterocycles. The van der Waals surface area contributed by atoms with Crippen molar-refractivity contribution >= 4 is 5.96 Å². The van der Waals surface area contributed by atoms with Gasteiger partial charge in [-0.25, -0.2) is 0 Å². The monoisotopic (exact) mass is 344 g/mol. The Hall–Kier alpha value is -1.59. The molecule has 2 N–H and O–H groups in total. The minimum Gasteiger partial charge on any atom is -0.378 e. The maximum Gasteiger partial charge on any atom is 0.191 e. The van der Waals surface area contributed by atoms with Crippen LogP contribution in [0.2, 0.25) is 0 Å². The summed E-state index contributed by atoms with van der Waals surface area (Å²) in [6.07, 6.45) is 6.11. The molecule has 0 aromatic heterocycles. The Morgan fingerprint density at radius 2 is 1.92 bits per heavy atom. The summed E-state index contributed by atoms with van der Waals surface area (Å²) in [5, 5.41) is 0. The van der Waals surface area contributed by atoms with Crippen LogP contribution in [0.4, 0.5) is 0 Å². The molecular weight excluding hydrogens is 312 g/mol. The molecule has 0 bridgehead atoms. The number of likely N-dealkylation sites (tertiary alicyclic amines) is 1. The number of ether oxygens (including phenoxy) is 1. The molecule has 3 rings (SSSR count). The minimum absolute atomic E-state index is 0.405. The van der Waals surface area contributed by atoms with Crippen molar-refractivity contribution in [2.75, 3.05) is 33.3 Å². The Morgan fingerprint density at radius 3 is 2.60 bits per heavy atom. The lowest BCUT2D eigenvalue weighted by Gasteiger charge is -2.31. The van der Waals surface area contributed by atoms with Gasteiger partial charge in [-0.3, -0.25) is 9.89 Å². The second-order valence-corrected chi connectivity index (χ2v) is 7.27. The van der Waals surface area contributed by atoms with E-state index in [2.05, 4.69) is 45.1 Å². The Labute approximate surface area is 151 Å². The molecule has 0 atom stereocenters. The number of hydrogen-bond acceptors (Lipinski definition) is 3. The molecule has 1 aromatic carbocycles. The van der Waals surface area contributed by atoms with Crippen LogP contribution >= 0.6 is 0 Å². The van der Waals surface area contributed by atoms with E-state index in [1.165, 1.54) is 18.4 Å². The third-order valence-corrected chi connectivity index (χ3v) is 5.17. The first-order chi connectivity index (χ1) is 12.2. The Morgan fingerprint density at radius 1 is 1.20 bits per heavy atom. The van der Waals surface area contributed by atoms with Gasteiger partial charge in [0.1, 0.15) is 0 Å². The molecule has 1 saturated carbocycles. The molecule has 0 spiro atoms. The lowest BCUT2D eigenvalue weighted by Crippen LogP contribution is -2.37. The molecule has 0 radical (unpaired) electrons.